The van der Waals surface area contributed by atoms with E-state index < -0.39 is 20.0 Å². The highest BCUT2D eigenvalue weighted by Crippen LogP contribution is 2.38. The van der Waals surface area contributed by atoms with Crippen LogP contribution in [0.5, 0.6) is 0 Å². The number of hydrogen-bond donors (Lipinski definition) is 1. The van der Waals surface area contributed by atoms with E-state index in [9.17, 15) is 19.0 Å². The predicted octanol–water partition coefficient (Wildman–Crippen LogP) is 17.4. The molecule has 0 saturated heterocycles. The number of carbonyl (C=O) groups excluding carboxylic acids is 2. The van der Waals surface area contributed by atoms with Crippen LogP contribution in [0.4, 0.5) is 0 Å². The average molecular weight is 998 g/mol. The molecule has 1 amide bonds. The van der Waals surface area contributed by atoms with Gasteiger partial charge in [0.05, 0.1) is 33.8 Å². The van der Waals surface area contributed by atoms with E-state index in [2.05, 4.69) is 26.1 Å². The van der Waals surface area contributed by atoms with Crippen LogP contribution >= 0.6 is 7.82 Å². The quantitative estimate of drug-likeness (QED) is 0.0212. The van der Waals surface area contributed by atoms with Crippen molar-refractivity contribution in [2.75, 3.05) is 40.9 Å². The smallest absolute Gasteiger partial charge is 0.306 e. The number of phosphoric acid groups is 1. The molecule has 3 unspecified atom stereocenters. The lowest BCUT2D eigenvalue weighted by Crippen LogP contribution is -2.47. The van der Waals surface area contributed by atoms with Crippen molar-refractivity contribution >= 4 is 19.7 Å². The molecule has 0 aliphatic carbocycles. The fraction of sp³-hybridized carbons (Fsp3) is 0.932. The Bertz CT molecular complexity index is 1190. The van der Waals surface area contributed by atoms with Crippen LogP contribution in [0.15, 0.2) is 12.2 Å². The van der Waals surface area contributed by atoms with Crippen LogP contribution in [0.2, 0.25) is 0 Å². The molecule has 0 heterocycles. The SMILES string of the molecule is CCCCCCCCCCC/C=C/C(OC(=O)CCCCCCCCCCCCCCCCC)C(COP(=O)([O-])OCC[N+](C)(C)C)NC(=O)CCCCCCCCCCCCCCCCCCC. The van der Waals surface area contributed by atoms with Crippen LogP contribution < -0.4 is 10.2 Å². The number of amides is 1. The van der Waals surface area contributed by atoms with Gasteiger partial charge in [0, 0.05) is 12.8 Å². The van der Waals surface area contributed by atoms with Crippen LogP contribution in [0.1, 0.15) is 303 Å². The normalized spacial score (nSPS) is 13.8. The number of hydrogen-bond acceptors (Lipinski definition) is 7. The van der Waals surface area contributed by atoms with Gasteiger partial charge in [-0.15, -0.1) is 0 Å². The van der Waals surface area contributed by atoms with Gasteiger partial charge in [-0.2, -0.15) is 0 Å². The van der Waals surface area contributed by atoms with Crippen LogP contribution in [-0.2, 0) is 27.9 Å². The van der Waals surface area contributed by atoms with Crippen LogP contribution in [0, 0.1) is 0 Å². The summed E-state index contributed by atoms with van der Waals surface area (Å²) in [5.74, 6) is -0.522. The Morgan fingerprint density at radius 3 is 1.19 bits per heavy atom. The molecule has 3 atom stereocenters. The first kappa shape index (κ1) is 67.8. The fourth-order valence-electron chi connectivity index (χ4n) is 9.05. The molecule has 0 aromatic carbocycles. The Hall–Kier alpha value is -1.25. The summed E-state index contributed by atoms with van der Waals surface area (Å²) in [6.45, 7) is 6.88. The molecule has 1 N–H and O–H groups in total. The number of likely N-dealkylation sites (N-methyl/N-ethyl adjacent to an activating group) is 1. The molecule has 0 rings (SSSR count). The Kier molecular flexibility index (Phi) is 49.4. The number of esters is 1. The van der Waals surface area contributed by atoms with Gasteiger partial charge in [-0.05, 0) is 31.8 Å². The van der Waals surface area contributed by atoms with Crippen molar-refractivity contribution in [2.45, 2.75) is 315 Å². The van der Waals surface area contributed by atoms with E-state index in [1.165, 1.54) is 212 Å². The van der Waals surface area contributed by atoms with Crippen molar-refractivity contribution in [3.63, 3.8) is 0 Å². The molecule has 410 valence electrons. The summed E-state index contributed by atoms with van der Waals surface area (Å²) in [7, 11) is 1.20. The third-order valence-electron chi connectivity index (χ3n) is 13.7. The van der Waals surface area contributed by atoms with E-state index in [-0.39, 0.29) is 31.5 Å². The summed E-state index contributed by atoms with van der Waals surface area (Å²) >= 11 is 0. The number of nitrogens with one attached hydrogen (secondary N) is 1. The Balaban J connectivity index is 5.23. The molecule has 0 spiro atoms. The van der Waals surface area contributed by atoms with Crippen LogP contribution in [0.3, 0.4) is 0 Å². The highest BCUT2D eigenvalue weighted by atomic mass is 31.2. The number of carbonyl (C=O) groups is 2. The van der Waals surface area contributed by atoms with Gasteiger partial charge >= 0.3 is 5.97 Å². The summed E-state index contributed by atoms with van der Waals surface area (Å²) in [5.41, 5.74) is 0. The molecule has 69 heavy (non-hydrogen) atoms. The maximum absolute atomic E-state index is 13.5. The minimum atomic E-state index is -4.68. The molecule has 10 heteroatoms. The van der Waals surface area contributed by atoms with E-state index in [4.69, 9.17) is 13.8 Å². The zero-order valence-electron chi connectivity index (χ0n) is 46.8. The molecular weight excluding hydrogens is 880 g/mol. The van der Waals surface area contributed by atoms with E-state index >= 15 is 0 Å². The molecule has 0 radical (unpaired) electrons. The lowest BCUT2D eigenvalue weighted by molar-refractivity contribution is -0.870. The molecular formula is C59H117N2O7P. The van der Waals surface area contributed by atoms with Gasteiger partial charge in [0.2, 0.25) is 5.91 Å². The monoisotopic (exact) mass is 997 g/mol. The second kappa shape index (κ2) is 50.3. The maximum atomic E-state index is 13.5. The number of unbranched alkanes of at least 4 members (excludes halogenated alkanes) is 39. The van der Waals surface area contributed by atoms with Gasteiger partial charge in [0.1, 0.15) is 19.3 Å². The van der Waals surface area contributed by atoms with Crippen molar-refractivity contribution in [2.24, 2.45) is 0 Å². The fourth-order valence-corrected chi connectivity index (χ4v) is 9.78. The highest BCUT2D eigenvalue weighted by Gasteiger charge is 2.27. The minimum absolute atomic E-state index is 0.0169. The highest BCUT2D eigenvalue weighted by molar-refractivity contribution is 7.45. The van der Waals surface area contributed by atoms with E-state index in [0.29, 0.717) is 17.4 Å². The van der Waals surface area contributed by atoms with Gasteiger partial charge in [-0.1, -0.05) is 271 Å². The maximum Gasteiger partial charge on any atom is 0.306 e. The summed E-state index contributed by atoms with van der Waals surface area (Å²) in [5, 5.41) is 3.03. The number of allylic oxidation sites excluding steroid dienone is 1. The Morgan fingerprint density at radius 1 is 0.493 bits per heavy atom. The zero-order valence-corrected chi connectivity index (χ0v) is 47.7. The molecule has 0 aliphatic rings. The van der Waals surface area contributed by atoms with Gasteiger partial charge in [-0.3, -0.25) is 14.2 Å². The summed E-state index contributed by atoms with van der Waals surface area (Å²) in [6, 6.07) is -0.878. The predicted molar refractivity (Wildman–Crippen MR) is 294 cm³/mol. The summed E-state index contributed by atoms with van der Waals surface area (Å²) < 4.78 is 30.3. The van der Waals surface area contributed by atoms with Gasteiger partial charge in [0.15, 0.2) is 0 Å². The molecule has 0 aromatic heterocycles. The largest absolute Gasteiger partial charge is 0.756 e. The van der Waals surface area contributed by atoms with Crippen molar-refractivity contribution in [1.29, 1.82) is 0 Å². The third kappa shape index (κ3) is 51.5. The molecule has 0 bridgehead atoms. The number of ether oxygens (including phenoxy) is 1. The first-order valence-electron chi connectivity index (χ1n) is 30.0. The van der Waals surface area contributed by atoms with E-state index in [1.807, 2.05) is 33.3 Å². The van der Waals surface area contributed by atoms with Gasteiger partial charge in [0.25, 0.3) is 7.82 Å². The van der Waals surface area contributed by atoms with Crippen molar-refractivity contribution in [1.82, 2.24) is 5.32 Å². The lowest BCUT2D eigenvalue weighted by atomic mass is 10.0. The van der Waals surface area contributed by atoms with Crippen LogP contribution in [-0.4, -0.2) is 69.4 Å². The molecule has 0 aromatic rings. The van der Waals surface area contributed by atoms with Gasteiger partial charge < -0.3 is 28.5 Å². The lowest BCUT2D eigenvalue weighted by Gasteiger charge is -2.30. The number of rotatable bonds is 55. The van der Waals surface area contributed by atoms with Crippen molar-refractivity contribution in [3.05, 3.63) is 12.2 Å². The number of quaternary nitrogens is 1. The molecule has 0 aliphatic heterocycles. The van der Waals surface area contributed by atoms with Crippen molar-refractivity contribution < 1.29 is 37.3 Å². The van der Waals surface area contributed by atoms with Crippen LogP contribution in [0.25, 0.3) is 0 Å². The zero-order chi connectivity index (χ0) is 50.8. The van der Waals surface area contributed by atoms with Crippen molar-refractivity contribution in [3.8, 4) is 0 Å². The first-order valence-corrected chi connectivity index (χ1v) is 31.5. The molecule has 9 nitrogen and oxygen atoms in total. The first-order chi connectivity index (χ1) is 33.4. The summed E-state index contributed by atoms with van der Waals surface area (Å²) in [6.07, 6.45) is 56.0. The topological polar surface area (TPSA) is 114 Å². The minimum Gasteiger partial charge on any atom is -0.756 e. The molecule has 0 fully saturated rings. The van der Waals surface area contributed by atoms with E-state index in [1.54, 1.807) is 0 Å². The Morgan fingerprint density at radius 2 is 0.826 bits per heavy atom. The summed E-state index contributed by atoms with van der Waals surface area (Å²) in [4.78, 5) is 39.9. The average Bonchev–Trinajstić information content (AvgIpc) is 3.31. The number of nitrogens with zero attached hydrogens (tertiary/aromatic N) is 1. The van der Waals surface area contributed by atoms with Gasteiger partial charge in [-0.25, -0.2) is 0 Å². The third-order valence-corrected chi connectivity index (χ3v) is 14.7. The standard InChI is InChI=1S/C59H117N2O7P/c1-7-10-13-16-19-22-25-27-29-30-32-33-36-39-42-45-48-51-58(62)60-56(55-67-69(64,65)66-54-53-61(4,5)6)57(50-47-44-41-38-35-24-21-18-15-12-9-3)68-59(63)52-49-46-43-40-37-34-31-28-26-23-20-17-14-11-8-2/h47,50,56-57H,7-46,48-49,51-55H2,1-6H3,(H-,60,62,64,65)/b50-47+. The molecule has 0 saturated carbocycles. The Labute approximate surface area is 429 Å². The van der Waals surface area contributed by atoms with E-state index in [0.717, 1.165) is 57.8 Å². The second-order valence-electron chi connectivity index (χ2n) is 21.9. The second-order valence-corrected chi connectivity index (χ2v) is 23.3. The number of phosphoric ester groups is 1.